The molecule has 1 aliphatic heterocycles. The van der Waals surface area contributed by atoms with Crippen molar-refractivity contribution in [3.05, 3.63) is 235 Å². The normalized spacial score (nSPS) is 12.8. The Kier molecular flexibility index (Phi) is 8.86. The number of imidazole rings is 1. The highest BCUT2D eigenvalue weighted by Crippen LogP contribution is 2.43. The third-order valence-electron chi connectivity index (χ3n) is 11.5. The number of benzene rings is 9. The van der Waals surface area contributed by atoms with Gasteiger partial charge in [-0.05, 0) is 55.4 Å². The number of nitrogens with zero attached hydrogens (tertiary/aromatic N) is 3. The van der Waals surface area contributed by atoms with Gasteiger partial charge in [-0.15, -0.1) is 0 Å². The fraction of sp³-hybridized carbons (Fsp3) is 0.0179. The van der Waals surface area contributed by atoms with Gasteiger partial charge in [0.15, 0.2) is 6.17 Å². The van der Waals surface area contributed by atoms with Crippen LogP contribution in [0.3, 0.4) is 0 Å². The maximum absolute atomic E-state index is 5.29. The minimum Gasteiger partial charge on any atom is -0.337 e. The van der Waals surface area contributed by atoms with E-state index in [9.17, 15) is 0 Å². The van der Waals surface area contributed by atoms with Gasteiger partial charge in [0, 0.05) is 27.8 Å². The standard InChI is InChI=1S/C56H38N4/c1-5-17-39(18-6-1)51-52(40-19-7-2-8-20-40)58-55(57-51)43-33-31-37(32-34-43)44-29-15-25-38-26-16-30-48(50(38)44)47-35-36-49(46-28-14-13-27-45(46)47)56-59-53(41-21-9-3-10-22-41)54(60-56)42-23-11-4-12-24-42/h1-36,55H,(H,59,60). The van der Waals surface area contributed by atoms with E-state index in [2.05, 4.69) is 199 Å². The lowest BCUT2D eigenvalue weighted by Crippen LogP contribution is -2.13. The smallest absolute Gasteiger partial charge is 0.166 e. The highest BCUT2D eigenvalue weighted by molar-refractivity contribution is 6.54. The van der Waals surface area contributed by atoms with E-state index in [1.807, 2.05) is 24.3 Å². The van der Waals surface area contributed by atoms with Crippen molar-refractivity contribution in [3.8, 4) is 56.2 Å². The fourth-order valence-electron chi connectivity index (χ4n) is 8.66. The van der Waals surface area contributed by atoms with Gasteiger partial charge in [0.2, 0.25) is 0 Å². The Morgan fingerprint density at radius 3 is 1.45 bits per heavy atom. The summed E-state index contributed by atoms with van der Waals surface area (Å²) in [5.41, 5.74) is 14.9. The zero-order chi connectivity index (χ0) is 39.8. The molecule has 11 rings (SSSR count). The molecule has 1 aromatic heterocycles. The maximum Gasteiger partial charge on any atom is 0.166 e. The Bertz CT molecular complexity index is 3100. The molecule has 0 unspecified atom stereocenters. The van der Waals surface area contributed by atoms with Crippen molar-refractivity contribution >= 4 is 33.0 Å². The van der Waals surface area contributed by atoms with Crippen molar-refractivity contribution in [3.63, 3.8) is 0 Å². The third-order valence-corrected chi connectivity index (χ3v) is 11.5. The maximum atomic E-state index is 5.29. The lowest BCUT2D eigenvalue weighted by atomic mass is 9.88. The van der Waals surface area contributed by atoms with Gasteiger partial charge in [0.25, 0.3) is 0 Å². The second-order valence-corrected chi connectivity index (χ2v) is 15.1. The molecule has 0 spiro atoms. The Balaban J connectivity index is 0.998. The quantitative estimate of drug-likeness (QED) is 0.164. The molecule has 0 amide bonds. The van der Waals surface area contributed by atoms with Crippen LogP contribution in [0.2, 0.25) is 0 Å². The molecule has 4 heteroatoms. The first-order valence-corrected chi connectivity index (χ1v) is 20.4. The first-order chi connectivity index (χ1) is 29.8. The van der Waals surface area contributed by atoms with Gasteiger partial charge < -0.3 is 4.98 Å². The van der Waals surface area contributed by atoms with Gasteiger partial charge in [-0.25, -0.2) is 4.98 Å². The Morgan fingerprint density at radius 1 is 0.350 bits per heavy atom. The fourth-order valence-corrected chi connectivity index (χ4v) is 8.66. The summed E-state index contributed by atoms with van der Waals surface area (Å²) >= 11 is 0. The lowest BCUT2D eigenvalue weighted by Gasteiger charge is -2.16. The van der Waals surface area contributed by atoms with E-state index in [1.54, 1.807) is 0 Å². The molecule has 1 N–H and O–H groups in total. The summed E-state index contributed by atoms with van der Waals surface area (Å²) < 4.78 is 0. The van der Waals surface area contributed by atoms with Crippen LogP contribution < -0.4 is 0 Å². The number of rotatable bonds is 8. The molecule has 1 aliphatic rings. The molecule has 2 heterocycles. The molecule has 9 aromatic carbocycles. The molecule has 0 atom stereocenters. The van der Waals surface area contributed by atoms with E-state index in [0.29, 0.717) is 0 Å². The number of nitrogens with one attached hydrogen (secondary N) is 1. The van der Waals surface area contributed by atoms with E-state index in [0.717, 1.165) is 73.0 Å². The molecular weight excluding hydrogens is 729 g/mol. The van der Waals surface area contributed by atoms with Gasteiger partial charge in [-0.2, -0.15) is 0 Å². The molecule has 0 aliphatic carbocycles. The zero-order valence-electron chi connectivity index (χ0n) is 32.7. The summed E-state index contributed by atoms with van der Waals surface area (Å²) in [6.07, 6.45) is -0.320. The second-order valence-electron chi connectivity index (χ2n) is 15.1. The molecule has 10 aromatic rings. The van der Waals surface area contributed by atoms with Crippen LogP contribution in [0.5, 0.6) is 0 Å². The molecule has 0 radical (unpaired) electrons. The number of H-pyrrole nitrogens is 1. The molecule has 0 bridgehead atoms. The van der Waals surface area contributed by atoms with E-state index in [1.165, 1.54) is 32.8 Å². The SMILES string of the molecule is c1ccc(C2=NC(c3ccc(-c4cccc5cccc(-c6ccc(-c7nc(-c8ccccc8)c(-c8ccccc8)[nH]7)c7ccccc67)c45)cc3)N=C2c2ccccc2)cc1. The molecule has 0 fully saturated rings. The van der Waals surface area contributed by atoms with Gasteiger partial charge in [-0.3, -0.25) is 9.98 Å². The first-order valence-electron chi connectivity index (χ1n) is 20.4. The highest BCUT2D eigenvalue weighted by atomic mass is 15.1. The van der Waals surface area contributed by atoms with Gasteiger partial charge in [0.05, 0.1) is 22.8 Å². The molecular formula is C56H38N4. The van der Waals surface area contributed by atoms with Crippen LogP contribution in [0.15, 0.2) is 228 Å². The lowest BCUT2D eigenvalue weighted by molar-refractivity contribution is 0.798. The summed E-state index contributed by atoms with van der Waals surface area (Å²) in [5.74, 6) is 0.844. The number of hydrogen-bond donors (Lipinski definition) is 1. The summed E-state index contributed by atoms with van der Waals surface area (Å²) in [7, 11) is 0. The van der Waals surface area contributed by atoms with Crippen molar-refractivity contribution in [2.45, 2.75) is 6.17 Å². The van der Waals surface area contributed by atoms with E-state index in [4.69, 9.17) is 15.0 Å². The van der Waals surface area contributed by atoms with Gasteiger partial charge >= 0.3 is 0 Å². The number of fused-ring (bicyclic) bond motifs is 2. The van der Waals surface area contributed by atoms with E-state index in [-0.39, 0.29) is 6.17 Å². The molecule has 0 saturated heterocycles. The molecule has 0 saturated carbocycles. The minimum atomic E-state index is -0.320. The predicted molar refractivity (Wildman–Crippen MR) is 249 cm³/mol. The Hall–Kier alpha value is -7.95. The van der Waals surface area contributed by atoms with Crippen LogP contribution >= 0.6 is 0 Å². The second kappa shape index (κ2) is 15.1. The average molecular weight is 767 g/mol. The van der Waals surface area contributed by atoms with Crippen LogP contribution in [0.4, 0.5) is 0 Å². The van der Waals surface area contributed by atoms with Crippen molar-refractivity contribution in [1.29, 1.82) is 0 Å². The molecule has 282 valence electrons. The van der Waals surface area contributed by atoms with Crippen molar-refractivity contribution in [1.82, 2.24) is 9.97 Å². The molecule has 60 heavy (non-hydrogen) atoms. The highest BCUT2D eigenvalue weighted by Gasteiger charge is 2.25. The molecule has 4 nitrogen and oxygen atoms in total. The number of aliphatic imine (C=N–C) groups is 2. The van der Waals surface area contributed by atoms with Crippen LogP contribution in [-0.4, -0.2) is 21.4 Å². The van der Waals surface area contributed by atoms with Crippen LogP contribution in [0, 0.1) is 0 Å². The summed E-state index contributed by atoms with van der Waals surface area (Å²) in [6, 6.07) is 76.9. The van der Waals surface area contributed by atoms with Crippen LogP contribution in [0.25, 0.3) is 77.7 Å². The van der Waals surface area contributed by atoms with Crippen molar-refractivity contribution < 1.29 is 0 Å². The third kappa shape index (κ3) is 6.32. The number of aromatic nitrogens is 2. The largest absolute Gasteiger partial charge is 0.337 e. The van der Waals surface area contributed by atoms with Gasteiger partial charge in [0.1, 0.15) is 5.82 Å². The van der Waals surface area contributed by atoms with E-state index >= 15 is 0 Å². The summed E-state index contributed by atoms with van der Waals surface area (Å²) in [6.45, 7) is 0. The zero-order valence-corrected chi connectivity index (χ0v) is 32.7. The number of hydrogen-bond acceptors (Lipinski definition) is 3. The predicted octanol–water partition coefficient (Wildman–Crippen LogP) is 14.0. The topological polar surface area (TPSA) is 53.4 Å². The van der Waals surface area contributed by atoms with E-state index < -0.39 is 0 Å². The van der Waals surface area contributed by atoms with Crippen LogP contribution in [0.1, 0.15) is 22.9 Å². The minimum absolute atomic E-state index is 0.320. The average Bonchev–Trinajstić information content (AvgIpc) is 3.99. The van der Waals surface area contributed by atoms with Gasteiger partial charge in [-0.1, -0.05) is 212 Å². The summed E-state index contributed by atoms with van der Waals surface area (Å²) in [4.78, 5) is 19.4. The van der Waals surface area contributed by atoms with Crippen molar-refractivity contribution in [2.75, 3.05) is 0 Å². The monoisotopic (exact) mass is 766 g/mol. The Morgan fingerprint density at radius 2 is 0.850 bits per heavy atom. The number of aromatic amines is 1. The first kappa shape index (κ1) is 35.2. The Labute approximate surface area is 349 Å². The van der Waals surface area contributed by atoms with Crippen LogP contribution in [-0.2, 0) is 0 Å². The summed E-state index contributed by atoms with van der Waals surface area (Å²) in [5, 5.41) is 4.73. The van der Waals surface area contributed by atoms with Crippen molar-refractivity contribution in [2.24, 2.45) is 9.98 Å².